The van der Waals surface area contributed by atoms with Crippen LogP contribution in [0.1, 0.15) is 25.7 Å². The Morgan fingerprint density at radius 2 is 1.65 bits per heavy atom. The first-order valence-electron chi connectivity index (χ1n) is 6.58. The van der Waals surface area contributed by atoms with E-state index in [1.54, 1.807) is 4.90 Å². The summed E-state index contributed by atoms with van der Waals surface area (Å²) in [6.45, 7) is 0.723. The molecule has 1 aliphatic heterocycles. The number of nitrogens with one attached hydrogen (secondary N) is 1. The van der Waals surface area contributed by atoms with Crippen molar-refractivity contribution < 1.29 is 27.2 Å². The molecule has 1 saturated carbocycles. The highest BCUT2D eigenvalue weighted by atomic mass is 19.3. The number of likely N-dealkylation sites (tertiary alicyclic amines) is 1. The first-order valence-corrected chi connectivity index (χ1v) is 6.58. The maximum atomic E-state index is 12.8. The summed E-state index contributed by atoms with van der Waals surface area (Å²) in [4.78, 5) is 24.5. The Bertz CT molecular complexity index is 391. The largest absolute Gasteiger partial charge is 0.383 e. The number of halogens is 4. The van der Waals surface area contributed by atoms with Gasteiger partial charge >= 0.3 is 12.3 Å². The predicted molar refractivity (Wildman–Crippen MR) is 61.4 cm³/mol. The first kappa shape index (κ1) is 15.1. The molecule has 0 radical (unpaired) electrons. The molecule has 2 rings (SSSR count). The second-order valence-electron chi connectivity index (χ2n) is 5.27. The molecule has 4 nitrogen and oxygen atoms in total. The normalized spacial score (nSPS) is 21.1. The van der Waals surface area contributed by atoms with Gasteiger partial charge in [0.1, 0.15) is 0 Å². The average molecular weight is 296 g/mol. The molecule has 0 bridgehead atoms. The van der Waals surface area contributed by atoms with Gasteiger partial charge in [0.05, 0.1) is 0 Å². The molecule has 0 aromatic carbocycles. The van der Waals surface area contributed by atoms with Crippen LogP contribution in [0.15, 0.2) is 0 Å². The van der Waals surface area contributed by atoms with Gasteiger partial charge in [-0.15, -0.1) is 0 Å². The van der Waals surface area contributed by atoms with Crippen molar-refractivity contribution >= 4 is 11.8 Å². The van der Waals surface area contributed by atoms with Crippen molar-refractivity contribution in [3.8, 4) is 0 Å². The van der Waals surface area contributed by atoms with Crippen LogP contribution >= 0.6 is 0 Å². The fraction of sp³-hybridized carbons (Fsp3) is 0.833. The molecule has 1 aliphatic carbocycles. The van der Waals surface area contributed by atoms with Crippen LogP contribution in [0.5, 0.6) is 0 Å². The van der Waals surface area contributed by atoms with Crippen LogP contribution < -0.4 is 5.32 Å². The topological polar surface area (TPSA) is 49.4 Å². The summed E-state index contributed by atoms with van der Waals surface area (Å²) in [7, 11) is 0. The van der Waals surface area contributed by atoms with Gasteiger partial charge in [-0.1, -0.05) is 0 Å². The monoisotopic (exact) mass is 296 g/mol. The molecule has 8 heteroatoms. The second-order valence-corrected chi connectivity index (χ2v) is 5.27. The van der Waals surface area contributed by atoms with E-state index in [2.05, 4.69) is 0 Å². The third-order valence-electron chi connectivity index (χ3n) is 3.65. The fourth-order valence-electron chi connectivity index (χ4n) is 2.21. The molecule has 2 amide bonds. The number of carbonyl (C=O) groups is 2. The average Bonchev–Trinajstić information content (AvgIpc) is 3.22. The van der Waals surface area contributed by atoms with Crippen LogP contribution in [0.2, 0.25) is 0 Å². The Labute approximate surface area is 113 Å². The fourth-order valence-corrected chi connectivity index (χ4v) is 2.21. The van der Waals surface area contributed by atoms with Crippen molar-refractivity contribution in [2.75, 3.05) is 13.1 Å². The van der Waals surface area contributed by atoms with Gasteiger partial charge in [-0.25, -0.2) is 8.78 Å². The third kappa shape index (κ3) is 3.21. The molecular formula is C12H16F4N2O2. The minimum Gasteiger partial charge on any atom is -0.348 e. The minimum absolute atomic E-state index is 0.0627. The second kappa shape index (κ2) is 5.57. The quantitative estimate of drug-likeness (QED) is 0.797. The molecule has 1 heterocycles. The summed E-state index contributed by atoms with van der Waals surface area (Å²) in [6, 6.07) is -0.588. The van der Waals surface area contributed by atoms with E-state index in [-0.39, 0.29) is 11.8 Å². The van der Waals surface area contributed by atoms with Crippen molar-refractivity contribution in [2.24, 2.45) is 5.92 Å². The number of amides is 2. The number of nitrogens with zero attached hydrogens (tertiary/aromatic N) is 1. The molecule has 0 aromatic rings. The van der Waals surface area contributed by atoms with E-state index < -0.39 is 24.3 Å². The van der Waals surface area contributed by atoms with Gasteiger partial charge in [-0.05, 0) is 25.7 Å². The van der Waals surface area contributed by atoms with Crippen molar-refractivity contribution in [3.05, 3.63) is 0 Å². The van der Waals surface area contributed by atoms with E-state index in [9.17, 15) is 27.2 Å². The van der Waals surface area contributed by atoms with Gasteiger partial charge in [-0.3, -0.25) is 9.59 Å². The van der Waals surface area contributed by atoms with Crippen LogP contribution in [0.3, 0.4) is 0 Å². The van der Waals surface area contributed by atoms with E-state index in [4.69, 9.17) is 0 Å². The van der Waals surface area contributed by atoms with E-state index in [1.807, 2.05) is 5.32 Å². The summed E-state index contributed by atoms with van der Waals surface area (Å²) in [5.74, 6) is -6.46. The third-order valence-corrected chi connectivity index (χ3v) is 3.65. The van der Waals surface area contributed by atoms with Gasteiger partial charge in [0, 0.05) is 25.0 Å². The molecule has 0 unspecified atom stereocenters. The number of hydrogen-bond acceptors (Lipinski definition) is 2. The van der Waals surface area contributed by atoms with Crippen molar-refractivity contribution in [3.63, 3.8) is 0 Å². The Kier molecular flexibility index (Phi) is 4.19. The van der Waals surface area contributed by atoms with Gasteiger partial charge in [0.2, 0.25) is 5.91 Å². The molecule has 0 spiro atoms. The lowest BCUT2D eigenvalue weighted by Gasteiger charge is -2.33. The van der Waals surface area contributed by atoms with Crippen LogP contribution in [-0.4, -0.2) is 48.2 Å². The molecule has 0 atom stereocenters. The van der Waals surface area contributed by atoms with Gasteiger partial charge in [0.25, 0.3) is 5.91 Å². The molecule has 1 N–H and O–H groups in total. The first-order chi connectivity index (χ1) is 9.32. The van der Waals surface area contributed by atoms with E-state index >= 15 is 0 Å². The summed E-state index contributed by atoms with van der Waals surface area (Å²) < 4.78 is 49.6. The highest BCUT2D eigenvalue weighted by Crippen LogP contribution is 2.32. The van der Waals surface area contributed by atoms with E-state index in [0.29, 0.717) is 25.9 Å². The Hall–Kier alpha value is -1.34. The van der Waals surface area contributed by atoms with Gasteiger partial charge in [0.15, 0.2) is 0 Å². The Balaban J connectivity index is 1.79. The summed E-state index contributed by atoms with van der Waals surface area (Å²) in [6.07, 6.45) is -1.63. The maximum Gasteiger partial charge on any atom is 0.383 e. The lowest BCUT2D eigenvalue weighted by atomic mass is 10.0. The van der Waals surface area contributed by atoms with Gasteiger partial charge < -0.3 is 10.2 Å². The van der Waals surface area contributed by atoms with E-state index in [1.165, 1.54) is 0 Å². The van der Waals surface area contributed by atoms with Crippen LogP contribution in [0.4, 0.5) is 17.6 Å². The summed E-state index contributed by atoms with van der Waals surface area (Å²) in [5, 5.41) is 1.94. The summed E-state index contributed by atoms with van der Waals surface area (Å²) >= 11 is 0. The molecule has 2 fully saturated rings. The number of carbonyl (C=O) groups excluding carboxylic acids is 2. The molecule has 2 aliphatic rings. The number of hydrogen-bond donors (Lipinski definition) is 1. The smallest absolute Gasteiger partial charge is 0.348 e. The molecule has 1 saturated heterocycles. The Morgan fingerprint density at radius 3 is 2.10 bits per heavy atom. The minimum atomic E-state index is -4.67. The van der Waals surface area contributed by atoms with Crippen LogP contribution in [0.25, 0.3) is 0 Å². The lowest BCUT2D eigenvalue weighted by Crippen LogP contribution is -2.52. The van der Waals surface area contributed by atoms with Crippen molar-refractivity contribution in [1.29, 1.82) is 0 Å². The highest BCUT2D eigenvalue weighted by molar-refractivity contribution is 5.84. The van der Waals surface area contributed by atoms with Gasteiger partial charge in [-0.2, -0.15) is 8.78 Å². The maximum absolute atomic E-state index is 12.8. The Morgan fingerprint density at radius 1 is 1.10 bits per heavy atom. The standard InChI is InChI=1S/C12H16F4N2O2/c13-10(14)12(15,16)11(20)17-8-3-5-18(6-4-8)9(19)7-1-2-7/h7-8,10H,1-6H2,(H,17,20). The predicted octanol–water partition coefficient (Wildman–Crippen LogP) is 1.40. The van der Waals surface area contributed by atoms with E-state index in [0.717, 1.165) is 12.8 Å². The summed E-state index contributed by atoms with van der Waals surface area (Å²) in [5.41, 5.74) is 0. The number of piperidine rings is 1. The molecule has 20 heavy (non-hydrogen) atoms. The zero-order valence-corrected chi connectivity index (χ0v) is 10.8. The number of rotatable bonds is 4. The molecule has 114 valence electrons. The van der Waals surface area contributed by atoms with Crippen molar-refractivity contribution in [1.82, 2.24) is 10.2 Å². The zero-order valence-electron chi connectivity index (χ0n) is 10.8. The lowest BCUT2D eigenvalue weighted by molar-refractivity contribution is -0.170. The van der Waals surface area contributed by atoms with Crippen molar-refractivity contribution in [2.45, 2.75) is 44.1 Å². The number of alkyl halides is 4. The van der Waals surface area contributed by atoms with Crippen LogP contribution in [-0.2, 0) is 9.59 Å². The highest BCUT2D eigenvalue weighted by Gasteiger charge is 2.49. The zero-order chi connectivity index (χ0) is 14.9. The molecular weight excluding hydrogens is 280 g/mol. The SMILES string of the molecule is O=C(C1CC1)N1CCC(NC(=O)C(F)(F)C(F)F)CC1. The molecule has 0 aromatic heterocycles. The van der Waals surface area contributed by atoms with Crippen LogP contribution in [0, 0.1) is 5.92 Å².